The number of aliphatic hydroxyl groups is 1. The minimum absolute atomic E-state index is 0. The van der Waals surface area contributed by atoms with Gasteiger partial charge in [-0.05, 0) is 0 Å². The Morgan fingerprint density at radius 2 is 1.09 bits per heavy atom. The molecule has 13 nitrogen and oxygen atoms in total. The van der Waals surface area contributed by atoms with Crippen LogP contribution in [0.15, 0.2) is 0 Å². The van der Waals surface area contributed by atoms with E-state index in [0.717, 1.165) is 0 Å². The molecule has 16 heteroatoms. The summed E-state index contributed by atoms with van der Waals surface area (Å²) in [5.74, 6) is -5.02. The van der Waals surface area contributed by atoms with Crippen LogP contribution >= 0.6 is 0 Å². The Labute approximate surface area is 180 Å². The zero-order valence-corrected chi connectivity index (χ0v) is 16.3. The van der Waals surface area contributed by atoms with Crippen molar-refractivity contribution < 1.29 is 97.1 Å². The van der Waals surface area contributed by atoms with Gasteiger partial charge in [0.1, 0.15) is 0 Å². The molecule has 0 heterocycles. The van der Waals surface area contributed by atoms with Crippen LogP contribution in [0.3, 0.4) is 0 Å². The van der Waals surface area contributed by atoms with Gasteiger partial charge in [0.2, 0.25) is 0 Å². The summed E-state index contributed by atoms with van der Waals surface area (Å²) in [5.41, 5.74) is -2.74. The molecule has 0 spiro atoms. The van der Waals surface area contributed by atoms with Crippen molar-refractivity contribution in [1.82, 2.24) is 0 Å². The Morgan fingerprint density at radius 1 is 0.909 bits per heavy atom. The molecular weight excluding hydrogens is 375 g/mol. The zero-order chi connectivity index (χ0) is 15.1. The predicted octanol–water partition coefficient (Wildman–Crippen LogP) is -6.59. The van der Waals surface area contributed by atoms with E-state index in [1.165, 1.54) is 0 Å². The predicted molar refractivity (Wildman–Crippen MR) is 67.6 cm³/mol. The van der Waals surface area contributed by atoms with Crippen LogP contribution in [0, 0.1) is 0 Å². The maximum absolute atomic E-state index is 10.3. The zero-order valence-electron chi connectivity index (χ0n) is 14.3. The van der Waals surface area contributed by atoms with Crippen LogP contribution in [0.4, 0.5) is 0 Å². The molecule has 128 valence electrons. The Morgan fingerprint density at radius 3 is 1.18 bits per heavy atom. The Hall–Kier alpha value is 0.420. The van der Waals surface area contributed by atoms with Gasteiger partial charge in [-0.3, -0.25) is 18.7 Å². The third-order valence-electron chi connectivity index (χ3n) is 1.29. The normalized spacial score (nSPS) is 9.05. The van der Waals surface area contributed by atoms with Crippen LogP contribution in [0.2, 0.25) is 0 Å². The topological polar surface area (TPSA) is 270 Å². The van der Waals surface area contributed by atoms with Crippen molar-refractivity contribution in [2.45, 2.75) is 18.4 Å². The summed E-state index contributed by atoms with van der Waals surface area (Å²) in [5, 5.41) is 33.8. The second kappa shape index (κ2) is 16.3. The number of rotatable bonds is 5. The van der Waals surface area contributed by atoms with Gasteiger partial charge >= 0.3 is 95.6 Å². The largest absolute Gasteiger partial charge is 2.00 e. The van der Waals surface area contributed by atoms with E-state index in [4.69, 9.17) is 37.9 Å². The Kier molecular flexibility index (Phi) is 28.2. The minimum Gasteiger partial charge on any atom is -1.00 e. The first-order valence-electron chi connectivity index (χ1n) is 3.87. The second-order valence-corrected chi connectivity index (χ2v) is 3.82. The maximum Gasteiger partial charge on any atom is 2.00 e. The molecule has 0 bridgehead atoms. The van der Waals surface area contributed by atoms with Crippen LogP contribution in [0.5, 0.6) is 0 Å². The van der Waals surface area contributed by atoms with E-state index in [0.29, 0.717) is 0 Å². The van der Waals surface area contributed by atoms with Gasteiger partial charge < -0.3 is 35.7 Å². The fraction of sp³-hybridized carbons (Fsp3) is 0.500. The second-order valence-electron chi connectivity index (χ2n) is 2.93. The van der Waals surface area contributed by atoms with Crippen molar-refractivity contribution in [1.29, 1.82) is 0 Å². The van der Waals surface area contributed by atoms with Crippen LogP contribution in [0.25, 0.3) is 0 Å². The SMILES string of the molecule is O.O.O=C(O)CC(O)(CC(=O)O)C(=O)O.O=S(=O)(O)O.[Ca+2].[H-].[H-].[H-].[Na+]. The van der Waals surface area contributed by atoms with E-state index in [-0.39, 0.29) is 82.5 Å². The number of carbonyl (C=O) groups is 3. The number of carboxylic acid groups (broad SMARTS) is 3. The molecule has 0 aliphatic carbocycles. The Bertz CT molecular complexity index is 423. The average molecular weight is 392 g/mol. The molecule has 10 N–H and O–H groups in total. The molecule has 0 aromatic carbocycles. The van der Waals surface area contributed by atoms with E-state index in [1.54, 1.807) is 0 Å². The van der Waals surface area contributed by atoms with Gasteiger partial charge in [-0.1, -0.05) is 0 Å². The average Bonchev–Trinajstić information content (AvgIpc) is 1.95. The number of hydrogen-bond acceptors (Lipinski definition) is 6. The summed E-state index contributed by atoms with van der Waals surface area (Å²) in [7, 11) is -4.67. The molecule has 0 atom stereocenters. The Balaban J connectivity index is -0.0000000274. The van der Waals surface area contributed by atoms with E-state index in [1.807, 2.05) is 0 Å². The molecule has 0 fully saturated rings. The van der Waals surface area contributed by atoms with Gasteiger partial charge in [0.05, 0.1) is 12.8 Å². The van der Waals surface area contributed by atoms with Crippen molar-refractivity contribution in [2.75, 3.05) is 0 Å². The van der Waals surface area contributed by atoms with Crippen LogP contribution in [-0.4, -0.2) is 110 Å². The first-order valence-corrected chi connectivity index (χ1v) is 5.27. The fourth-order valence-corrected chi connectivity index (χ4v) is 0.714. The van der Waals surface area contributed by atoms with Crippen LogP contribution < -0.4 is 29.6 Å². The summed E-state index contributed by atoms with van der Waals surface area (Å²) in [6.45, 7) is 0. The summed E-state index contributed by atoms with van der Waals surface area (Å²) in [6, 6.07) is 0. The first kappa shape index (κ1) is 38.2. The molecule has 0 saturated heterocycles. The van der Waals surface area contributed by atoms with Gasteiger partial charge in [-0.2, -0.15) is 8.42 Å². The summed E-state index contributed by atoms with van der Waals surface area (Å²) in [6.07, 6.45) is -2.29. The molecule has 0 aromatic rings. The molecule has 0 aliphatic heterocycles. The maximum atomic E-state index is 10.3. The van der Waals surface area contributed by atoms with Gasteiger partial charge in [0.15, 0.2) is 5.60 Å². The molecule has 0 aromatic heterocycles. The van der Waals surface area contributed by atoms with Crippen molar-refractivity contribution in [3.8, 4) is 0 Å². The summed E-state index contributed by atoms with van der Waals surface area (Å²) < 4.78 is 31.6. The van der Waals surface area contributed by atoms with E-state index in [9.17, 15) is 14.4 Å². The summed E-state index contributed by atoms with van der Waals surface area (Å²) in [4.78, 5) is 30.5. The van der Waals surface area contributed by atoms with E-state index >= 15 is 0 Å². The fourth-order valence-electron chi connectivity index (χ4n) is 0.714. The van der Waals surface area contributed by atoms with Crippen LogP contribution in [-0.2, 0) is 24.8 Å². The van der Waals surface area contributed by atoms with Gasteiger partial charge in [0, 0.05) is 0 Å². The molecule has 0 rings (SSSR count). The number of hydrogen-bond donors (Lipinski definition) is 6. The van der Waals surface area contributed by atoms with Crippen molar-refractivity contribution >= 4 is 66.0 Å². The minimum atomic E-state index is -4.67. The van der Waals surface area contributed by atoms with Crippen molar-refractivity contribution in [2.24, 2.45) is 0 Å². The third kappa shape index (κ3) is 28.6. The molecular formula is C6H17CaNaO13S. The smallest absolute Gasteiger partial charge is 1.00 e. The van der Waals surface area contributed by atoms with Crippen molar-refractivity contribution in [3.63, 3.8) is 0 Å². The number of carboxylic acids is 3. The van der Waals surface area contributed by atoms with Gasteiger partial charge in [-0.25, -0.2) is 4.79 Å². The van der Waals surface area contributed by atoms with Crippen LogP contribution in [0.1, 0.15) is 17.1 Å². The molecule has 22 heavy (non-hydrogen) atoms. The standard InChI is InChI=1S/C6H8O7.Ca.Na.H2O4S.2H2O.3H/c7-3(8)1-6(13,5(11)12)2-4(9)10;;;1-5(2,3)4;;;;;/h13H,1-2H2,(H,7,8)(H,9,10)(H,11,12);;;(H2,1,2,3,4);2*1H2;;;/q;+2;+1;;;;3*-1. The summed E-state index contributed by atoms with van der Waals surface area (Å²) >= 11 is 0. The van der Waals surface area contributed by atoms with E-state index < -0.39 is 46.7 Å². The number of aliphatic carboxylic acids is 3. The quantitative estimate of drug-likeness (QED) is 0.189. The molecule has 0 unspecified atom stereocenters. The van der Waals surface area contributed by atoms with E-state index in [2.05, 4.69) is 0 Å². The molecule has 0 radical (unpaired) electrons. The van der Waals surface area contributed by atoms with Gasteiger partial charge in [0.25, 0.3) is 0 Å². The molecule has 0 saturated carbocycles. The molecule has 0 amide bonds. The first-order chi connectivity index (χ1) is 7.78. The third-order valence-corrected chi connectivity index (χ3v) is 1.29. The van der Waals surface area contributed by atoms with Crippen molar-refractivity contribution in [3.05, 3.63) is 0 Å². The van der Waals surface area contributed by atoms with Gasteiger partial charge in [-0.15, -0.1) is 0 Å². The monoisotopic (exact) mass is 392 g/mol. The molecule has 0 aliphatic rings.